The van der Waals surface area contributed by atoms with E-state index in [-0.39, 0.29) is 24.9 Å². The third kappa shape index (κ3) is 5.78. The number of carbonyl (C=O) groups is 2. The van der Waals surface area contributed by atoms with Crippen molar-refractivity contribution in [1.82, 2.24) is 4.90 Å². The van der Waals surface area contributed by atoms with Crippen molar-refractivity contribution in [2.75, 3.05) is 32.7 Å². The van der Waals surface area contributed by atoms with Crippen LogP contribution in [0.4, 0.5) is 5.00 Å². The molecule has 2 heterocycles. The van der Waals surface area contributed by atoms with Crippen LogP contribution in [-0.4, -0.2) is 44.1 Å². The summed E-state index contributed by atoms with van der Waals surface area (Å²) in [6.07, 6.45) is 0.713. The molecule has 1 aliphatic rings. The maximum Gasteiger partial charge on any atom is 0.341 e. The zero-order valence-electron chi connectivity index (χ0n) is 20.0. The summed E-state index contributed by atoms with van der Waals surface area (Å²) >= 11 is 1.43. The maximum atomic E-state index is 13.2. The molecule has 0 unspecified atom stereocenters. The van der Waals surface area contributed by atoms with Gasteiger partial charge in [-0.15, -0.1) is 23.7 Å². The highest BCUT2D eigenvalue weighted by atomic mass is 35.5. The molecule has 0 fully saturated rings. The fourth-order valence-electron chi connectivity index (χ4n) is 4.18. The maximum absolute atomic E-state index is 13.2. The third-order valence-electron chi connectivity index (χ3n) is 5.74. The lowest BCUT2D eigenvalue weighted by Crippen LogP contribution is -2.29. The molecule has 0 atom stereocenters. The first-order chi connectivity index (χ1) is 16.5. The normalized spacial score (nSPS) is 12.8. The summed E-state index contributed by atoms with van der Waals surface area (Å²) in [5.41, 5.74) is 2.98. The Balaban J connectivity index is 0.00000342. The van der Waals surface area contributed by atoms with Crippen LogP contribution in [0, 0.1) is 0 Å². The van der Waals surface area contributed by atoms with Crippen LogP contribution in [0.25, 0.3) is 0 Å². The first-order valence-corrected chi connectivity index (χ1v) is 12.0. The molecule has 0 radical (unpaired) electrons. The van der Waals surface area contributed by atoms with Gasteiger partial charge in [0.1, 0.15) is 5.00 Å². The minimum atomic E-state index is -0.413. The van der Waals surface area contributed by atoms with Gasteiger partial charge in [-0.25, -0.2) is 4.79 Å². The van der Waals surface area contributed by atoms with Crippen LogP contribution in [0.15, 0.2) is 48.5 Å². The molecular weight excluding hydrogens is 488 g/mol. The summed E-state index contributed by atoms with van der Waals surface area (Å²) < 4.78 is 16.1. The Kier molecular flexibility index (Phi) is 9.14. The molecule has 1 aromatic heterocycles. The van der Waals surface area contributed by atoms with E-state index in [1.165, 1.54) is 31.1 Å². The number of esters is 1. The van der Waals surface area contributed by atoms with Crippen LogP contribution < -0.4 is 14.8 Å². The van der Waals surface area contributed by atoms with Gasteiger partial charge in [0.15, 0.2) is 11.5 Å². The second kappa shape index (κ2) is 12.1. The molecule has 9 heteroatoms. The summed E-state index contributed by atoms with van der Waals surface area (Å²) in [4.78, 5) is 29.5. The van der Waals surface area contributed by atoms with Crippen LogP contribution in [0.5, 0.6) is 11.5 Å². The number of ether oxygens (including phenoxy) is 3. The van der Waals surface area contributed by atoms with Gasteiger partial charge in [0.05, 0.1) is 32.0 Å². The van der Waals surface area contributed by atoms with Crippen molar-refractivity contribution in [3.05, 3.63) is 75.7 Å². The number of halogens is 1. The summed E-state index contributed by atoms with van der Waals surface area (Å²) in [5, 5.41) is 3.44. The Morgan fingerprint density at radius 3 is 2.51 bits per heavy atom. The highest BCUT2D eigenvalue weighted by Crippen LogP contribution is 2.39. The summed E-state index contributed by atoms with van der Waals surface area (Å²) in [7, 11) is 3.01. The molecule has 0 bridgehead atoms. The first-order valence-electron chi connectivity index (χ1n) is 11.2. The molecule has 186 valence electrons. The molecule has 0 saturated heterocycles. The number of hydrogen-bond donors (Lipinski definition) is 1. The Morgan fingerprint density at radius 1 is 1.06 bits per heavy atom. The van der Waals surface area contributed by atoms with Gasteiger partial charge in [0.2, 0.25) is 0 Å². The molecular formula is C26H29ClN2O5S. The number of rotatable bonds is 8. The molecule has 0 aliphatic carbocycles. The average molecular weight is 517 g/mol. The Labute approximate surface area is 215 Å². The largest absolute Gasteiger partial charge is 0.493 e. The van der Waals surface area contributed by atoms with E-state index in [0.717, 1.165) is 23.5 Å². The zero-order valence-corrected chi connectivity index (χ0v) is 21.6. The number of carbonyl (C=O) groups excluding carboxylic acids is 2. The van der Waals surface area contributed by atoms with Gasteiger partial charge in [0, 0.05) is 24.5 Å². The molecule has 3 aromatic rings. The van der Waals surface area contributed by atoms with Crippen LogP contribution in [0.3, 0.4) is 0 Å². The number of para-hydroxylation sites is 1. The van der Waals surface area contributed by atoms with Crippen LogP contribution in [0.2, 0.25) is 0 Å². The lowest BCUT2D eigenvalue weighted by Gasteiger charge is -2.27. The molecule has 1 amide bonds. The number of nitrogens with zero attached hydrogens (tertiary/aromatic N) is 1. The fraction of sp³-hybridized carbons (Fsp3) is 0.308. The van der Waals surface area contributed by atoms with E-state index >= 15 is 0 Å². The first kappa shape index (κ1) is 26.5. The third-order valence-corrected chi connectivity index (χ3v) is 6.87. The van der Waals surface area contributed by atoms with Gasteiger partial charge in [0.25, 0.3) is 5.91 Å². The quantitative estimate of drug-likeness (QED) is 0.416. The zero-order chi connectivity index (χ0) is 24.1. The summed E-state index contributed by atoms with van der Waals surface area (Å²) in [6, 6.07) is 15.4. The fourth-order valence-corrected chi connectivity index (χ4v) is 5.45. The van der Waals surface area contributed by atoms with Gasteiger partial charge in [-0.1, -0.05) is 36.4 Å². The number of amides is 1. The average Bonchev–Trinajstić information content (AvgIpc) is 3.21. The van der Waals surface area contributed by atoms with Gasteiger partial charge in [-0.3, -0.25) is 9.69 Å². The van der Waals surface area contributed by atoms with E-state index in [2.05, 4.69) is 22.3 Å². The van der Waals surface area contributed by atoms with E-state index < -0.39 is 5.97 Å². The van der Waals surface area contributed by atoms with Gasteiger partial charge < -0.3 is 19.5 Å². The van der Waals surface area contributed by atoms with Crippen molar-refractivity contribution in [1.29, 1.82) is 0 Å². The Bertz CT molecular complexity index is 1180. The Morgan fingerprint density at radius 2 is 1.83 bits per heavy atom. The highest BCUT2D eigenvalue weighted by Gasteiger charge is 2.30. The van der Waals surface area contributed by atoms with E-state index in [1.54, 1.807) is 25.1 Å². The number of methoxy groups -OCH3 is 2. The van der Waals surface area contributed by atoms with Crippen molar-refractivity contribution >= 4 is 40.6 Å². The monoisotopic (exact) mass is 516 g/mol. The van der Waals surface area contributed by atoms with Gasteiger partial charge in [-0.05, 0) is 36.6 Å². The van der Waals surface area contributed by atoms with Crippen LogP contribution in [0.1, 0.15) is 43.6 Å². The van der Waals surface area contributed by atoms with Crippen LogP contribution >= 0.6 is 23.7 Å². The van der Waals surface area contributed by atoms with E-state index in [1.807, 2.05) is 18.2 Å². The summed E-state index contributed by atoms with van der Waals surface area (Å²) in [5.74, 6) is 0.0174. The second-order valence-corrected chi connectivity index (χ2v) is 8.98. The van der Waals surface area contributed by atoms with Crippen molar-refractivity contribution in [3.8, 4) is 11.5 Å². The number of thiophene rings is 1. The highest BCUT2D eigenvalue weighted by molar-refractivity contribution is 7.17. The minimum Gasteiger partial charge on any atom is -0.493 e. The number of hydrogen-bond acceptors (Lipinski definition) is 7. The lowest BCUT2D eigenvalue weighted by atomic mass is 10.0. The van der Waals surface area contributed by atoms with Crippen molar-refractivity contribution < 1.29 is 23.8 Å². The molecule has 1 aliphatic heterocycles. The smallest absolute Gasteiger partial charge is 0.341 e. The molecule has 1 N–H and O–H groups in total. The van der Waals surface area contributed by atoms with E-state index in [9.17, 15) is 9.59 Å². The van der Waals surface area contributed by atoms with E-state index in [4.69, 9.17) is 14.2 Å². The molecule has 2 aromatic carbocycles. The standard InChI is InChI=1S/C26H28N2O5S.ClH/c1-4-33-26(30)22-18-13-14-28(15-17-9-6-5-7-10-17)16-21(18)34-25(22)27-24(29)19-11-8-12-20(31-2)23(19)32-3;/h5-12H,4,13-16H2,1-3H3,(H,27,29);1H. The number of nitrogens with one attached hydrogen (secondary N) is 1. The molecule has 0 spiro atoms. The van der Waals surface area contributed by atoms with Crippen molar-refractivity contribution in [2.45, 2.75) is 26.4 Å². The topological polar surface area (TPSA) is 77.1 Å². The molecule has 35 heavy (non-hydrogen) atoms. The van der Waals surface area contributed by atoms with Gasteiger partial charge in [-0.2, -0.15) is 0 Å². The molecule has 4 rings (SSSR count). The SMILES string of the molecule is CCOC(=O)c1c(NC(=O)c2cccc(OC)c2OC)sc2c1CCN(Cc1ccccc1)C2.Cl. The Hall–Kier alpha value is -3.07. The molecule has 7 nitrogen and oxygen atoms in total. The minimum absolute atomic E-state index is 0. The van der Waals surface area contributed by atoms with Gasteiger partial charge >= 0.3 is 5.97 Å². The predicted molar refractivity (Wildman–Crippen MR) is 139 cm³/mol. The predicted octanol–water partition coefficient (Wildman–Crippen LogP) is 5.17. The summed E-state index contributed by atoms with van der Waals surface area (Å²) in [6.45, 7) is 4.40. The molecule has 0 saturated carbocycles. The van der Waals surface area contributed by atoms with Crippen molar-refractivity contribution in [2.24, 2.45) is 0 Å². The lowest BCUT2D eigenvalue weighted by molar-refractivity contribution is 0.0526. The van der Waals surface area contributed by atoms with Crippen LogP contribution in [-0.2, 0) is 24.2 Å². The van der Waals surface area contributed by atoms with E-state index in [0.29, 0.717) is 40.6 Å². The number of benzene rings is 2. The second-order valence-electron chi connectivity index (χ2n) is 7.87. The number of fused-ring (bicyclic) bond motifs is 1. The number of anilines is 1. The van der Waals surface area contributed by atoms with Crippen molar-refractivity contribution in [3.63, 3.8) is 0 Å².